The molecule has 0 saturated carbocycles. The zero-order valence-corrected chi connectivity index (χ0v) is 11.5. The second-order valence-electron chi connectivity index (χ2n) is 4.90. The van der Waals surface area contributed by atoms with Crippen LogP contribution in [0, 0.1) is 6.92 Å². The molecule has 114 valence electrons. The number of carbonyl (C=O) groups is 2. The van der Waals surface area contributed by atoms with Crippen LogP contribution in [0.4, 0.5) is 13.6 Å². The van der Waals surface area contributed by atoms with Crippen molar-refractivity contribution in [1.82, 2.24) is 20.4 Å². The first-order chi connectivity index (χ1) is 10.5. The van der Waals surface area contributed by atoms with Crippen LogP contribution in [-0.2, 0) is 4.79 Å². The number of carbonyl (C=O) groups excluding carboxylic acids is 2. The van der Waals surface area contributed by atoms with Gasteiger partial charge in [-0.05, 0) is 18.1 Å². The molecule has 0 spiro atoms. The van der Waals surface area contributed by atoms with E-state index in [4.69, 9.17) is 0 Å². The van der Waals surface area contributed by atoms with E-state index in [0.29, 0.717) is 27.1 Å². The molecule has 1 fully saturated rings. The van der Waals surface area contributed by atoms with Crippen molar-refractivity contribution in [1.29, 1.82) is 0 Å². The Morgan fingerprint density at radius 3 is 2.41 bits per heavy atom. The average molecular weight is 306 g/mol. The number of benzene rings is 1. The Balaban J connectivity index is 1.88. The van der Waals surface area contributed by atoms with E-state index in [2.05, 4.69) is 15.7 Å². The maximum atomic E-state index is 12.6. The van der Waals surface area contributed by atoms with Gasteiger partial charge >= 0.3 is 12.6 Å². The van der Waals surface area contributed by atoms with Crippen LogP contribution in [0.5, 0.6) is 0 Å². The molecule has 3 rings (SSSR count). The topological polar surface area (TPSA) is 76.0 Å². The molecule has 3 amide bonds. The highest BCUT2D eigenvalue weighted by atomic mass is 19.3. The van der Waals surface area contributed by atoms with Crippen LogP contribution < -0.4 is 10.6 Å². The van der Waals surface area contributed by atoms with Gasteiger partial charge < -0.3 is 5.32 Å². The fourth-order valence-electron chi connectivity index (χ4n) is 2.37. The molecule has 2 aromatic rings. The van der Waals surface area contributed by atoms with Crippen molar-refractivity contribution in [2.45, 2.75) is 19.5 Å². The molecule has 1 atom stereocenters. The van der Waals surface area contributed by atoms with Gasteiger partial charge in [0.05, 0.1) is 5.69 Å². The van der Waals surface area contributed by atoms with Crippen molar-refractivity contribution in [2.75, 3.05) is 0 Å². The Hall–Kier alpha value is -2.77. The van der Waals surface area contributed by atoms with Gasteiger partial charge in [-0.2, -0.15) is 13.9 Å². The van der Waals surface area contributed by atoms with E-state index in [-0.39, 0.29) is 0 Å². The highest BCUT2D eigenvalue weighted by Crippen LogP contribution is 2.26. The average Bonchev–Trinajstić information content (AvgIpc) is 3.02. The third-order valence-corrected chi connectivity index (χ3v) is 3.45. The standard InChI is InChI=1S/C14H12F2N4O2/c1-7-10(6-20(19-7)13(15)16)8-2-4-9(5-3-8)11-12(21)18-14(22)17-11/h2-6,11,13H,1H3,(H2,17,18,21,22)/t11-/m0/s1. The maximum Gasteiger partial charge on any atom is 0.333 e. The number of halogens is 2. The first kappa shape index (κ1) is 14.2. The van der Waals surface area contributed by atoms with Gasteiger partial charge in [0, 0.05) is 11.8 Å². The quantitative estimate of drug-likeness (QED) is 0.853. The number of hydrogen-bond acceptors (Lipinski definition) is 3. The second kappa shape index (κ2) is 5.21. The molecule has 1 aromatic carbocycles. The van der Waals surface area contributed by atoms with Crippen LogP contribution in [0.25, 0.3) is 11.1 Å². The van der Waals surface area contributed by atoms with Crippen molar-refractivity contribution in [3.63, 3.8) is 0 Å². The number of aryl methyl sites for hydroxylation is 1. The molecule has 8 heteroatoms. The molecule has 0 radical (unpaired) electrons. The van der Waals surface area contributed by atoms with Gasteiger partial charge in [-0.15, -0.1) is 0 Å². The number of amides is 3. The van der Waals surface area contributed by atoms with Crippen molar-refractivity contribution in [3.8, 4) is 11.1 Å². The molecular formula is C14H12F2N4O2. The van der Waals surface area contributed by atoms with Crippen LogP contribution in [0.3, 0.4) is 0 Å². The summed E-state index contributed by atoms with van der Waals surface area (Å²) in [7, 11) is 0. The fraction of sp³-hybridized carbons (Fsp3) is 0.214. The summed E-state index contributed by atoms with van der Waals surface area (Å²) in [5, 5.41) is 8.40. The largest absolute Gasteiger partial charge is 0.333 e. The third kappa shape index (κ3) is 2.43. The van der Waals surface area contributed by atoms with Crippen molar-refractivity contribution >= 4 is 11.9 Å². The van der Waals surface area contributed by atoms with Crippen molar-refractivity contribution in [3.05, 3.63) is 41.7 Å². The number of hydrogen-bond donors (Lipinski definition) is 2. The summed E-state index contributed by atoms with van der Waals surface area (Å²) in [5.74, 6) is -0.417. The highest BCUT2D eigenvalue weighted by Gasteiger charge is 2.30. The molecule has 1 aromatic heterocycles. The lowest BCUT2D eigenvalue weighted by Gasteiger charge is -2.08. The van der Waals surface area contributed by atoms with Gasteiger partial charge in [0.2, 0.25) is 0 Å². The summed E-state index contributed by atoms with van der Waals surface area (Å²) in [4.78, 5) is 22.7. The summed E-state index contributed by atoms with van der Waals surface area (Å²) in [6.07, 6.45) is 1.28. The second-order valence-corrected chi connectivity index (χ2v) is 4.90. The SMILES string of the molecule is Cc1nn(C(F)F)cc1-c1ccc([C@@H]2NC(=O)NC2=O)cc1. The van der Waals surface area contributed by atoms with Crippen molar-refractivity contribution in [2.24, 2.45) is 0 Å². The van der Waals surface area contributed by atoms with Gasteiger partial charge in [0.15, 0.2) is 0 Å². The summed E-state index contributed by atoms with van der Waals surface area (Å²) >= 11 is 0. The molecule has 22 heavy (non-hydrogen) atoms. The van der Waals surface area contributed by atoms with E-state index < -0.39 is 24.5 Å². The number of imide groups is 1. The zero-order valence-electron chi connectivity index (χ0n) is 11.5. The highest BCUT2D eigenvalue weighted by molar-refractivity contribution is 6.04. The molecule has 2 N–H and O–H groups in total. The van der Waals surface area contributed by atoms with Crippen LogP contribution in [0.2, 0.25) is 0 Å². The fourth-order valence-corrected chi connectivity index (χ4v) is 2.37. The first-order valence-corrected chi connectivity index (χ1v) is 6.51. The van der Waals surface area contributed by atoms with E-state index in [1.165, 1.54) is 6.20 Å². The van der Waals surface area contributed by atoms with E-state index >= 15 is 0 Å². The van der Waals surface area contributed by atoms with Crippen molar-refractivity contribution < 1.29 is 18.4 Å². The van der Waals surface area contributed by atoms with Crippen LogP contribution in [0.1, 0.15) is 23.8 Å². The predicted molar refractivity (Wildman–Crippen MR) is 73.1 cm³/mol. The molecule has 6 nitrogen and oxygen atoms in total. The number of nitrogens with zero attached hydrogens (tertiary/aromatic N) is 2. The maximum absolute atomic E-state index is 12.6. The lowest BCUT2D eigenvalue weighted by atomic mass is 10.0. The Bertz CT molecular complexity index is 740. The molecule has 0 bridgehead atoms. The Labute approximate surface area is 124 Å². The molecule has 2 heterocycles. The number of aromatic nitrogens is 2. The molecular weight excluding hydrogens is 294 g/mol. The van der Waals surface area contributed by atoms with E-state index in [1.807, 2.05) is 0 Å². The summed E-state index contributed by atoms with van der Waals surface area (Å²) in [6, 6.07) is 5.48. The third-order valence-electron chi connectivity index (χ3n) is 3.45. The zero-order chi connectivity index (χ0) is 15.9. The van der Waals surface area contributed by atoms with Crippen LogP contribution >= 0.6 is 0 Å². The summed E-state index contributed by atoms with van der Waals surface area (Å²) in [6.45, 7) is -1.05. The minimum atomic E-state index is -2.69. The van der Waals surface area contributed by atoms with Gasteiger partial charge in [-0.25, -0.2) is 9.48 Å². The van der Waals surface area contributed by atoms with E-state index in [0.717, 1.165) is 0 Å². The predicted octanol–water partition coefficient (Wildman–Crippen LogP) is 2.13. The van der Waals surface area contributed by atoms with E-state index in [1.54, 1.807) is 31.2 Å². The minimum Gasteiger partial charge on any atom is -0.322 e. The monoisotopic (exact) mass is 306 g/mol. The molecule has 1 saturated heterocycles. The van der Waals surface area contributed by atoms with Gasteiger partial charge in [-0.1, -0.05) is 24.3 Å². The summed E-state index contributed by atoms with van der Waals surface area (Å²) < 4.78 is 25.9. The number of rotatable bonds is 3. The lowest BCUT2D eigenvalue weighted by molar-refractivity contribution is -0.120. The molecule has 0 unspecified atom stereocenters. The number of urea groups is 1. The Kier molecular flexibility index (Phi) is 3.36. The Morgan fingerprint density at radius 2 is 1.91 bits per heavy atom. The molecule has 1 aliphatic heterocycles. The number of alkyl halides is 2. The number of nitrogens with one attached hydrogen (secondary N) is 2. The molecule has 0 aliphatic carbocycles. The molecule has 1 aliphatic rings. The van der Waals surface area contributed by atoms with Gasteiger partial charge in [0.25, 0.3) is 5.91 Å². The van der Waals surface area contributed by atoms with Gasteiger partial charge in [0.1, 0.15) is 6.04 Å². The normalized spacial score (nSPS) is 17.7. The van der Waals surface area contributed by atoms with Crippen LogP contribution in [-0.4, -0.2) is 21.7 Å². The van der Waals surface area contributed by atoms with Crippen LogP contribution in [0.15, 0.2) is 30.5 Å². The first-order valence-electron chi connectivity index (χ1n) is 6.51. The summed E-state index contributed by atoms with van der Waals surface area (Å²) in [5.41, 5.74) is 2.40. The van der Waals surface area contributed by atoms with Gasteiger partial charge in [-0.3, -0.25) is 10.1 Å². The minimum absolute atomic E-state index is 0.417. The lowest BCUT2D eigenvalue weighted by Crippen LogP contribution is -2.22. The smallest absolute Gasteiger partial charge is 0.322 e. The van der Waals surface area contributed by atoms with E-state index in [9.17, 15) is 18.4 Å². The Morgan fingerprint density at radius 1 is 1.23 bits per heavy atom.